The van der Waals surface area contributed by atoms with Crippen molar-refractivity contribution in [3.05, 3.63) is 50.5 Å². The van der Waals surface area contributed by atoms with E-state index in [2.05, 4.69) is 4.72 Å². The Labute approximate surface area is 152 Å². The predicted molar refractivity (Wildman–Crippen MR) is 89.0 cm³/mol. The maximum atomic E-state index is 12.5. The summed E-state index contributed by atoms with van der Waals surface area (Å²) in [5.74, 6) is -0.824. The first kappa shape index (κ1) is 18.7. The first-order chi connectivity index (χ1) is 10.7. The third-order valence-corrected chi connectivity index (χ3v) is 6.31. The number of Topliss-reactive ketones (excluding diaryl/α,β-unsaturated/α-hetero) is 1. The number of ether oxygens (including phenoxy) is 1. The Hall–Kier alpha value is -0.600. The van der Waals surface area contributed by atoms with Crippen molar-refractivity contribution in [2.75, 3.05) is 7.11 Å². The summed E-state index contributed by atoms with van der Waals surface area (Å²) in [6.07, 6.45) is 0. The zero-order valence-corrected chi connectivity index (χ0v) is 15.3. The van der Waals surface area contributed by atoms with E-state index in [9.17, 15) is 13.2 Å². The average Bonchev–Trinajstić information content (AvgIpc) is 2.56. The number of carbonyl (C=O) groups excluding carboxylic acids is 1. The molecule has 0 amide bonds. The SMILES string of the molecule is COC1(NS(=O)(=O)c2ccccc2)C(Cl)=C(Cl)C(=O)C(Cl)=C1Cl. The maximum Gasteiger partial charge on any atom is 0.243 e. The van der Waals surface area contributed by atoms with Crippen LogP contribution in [0.2, 0.25) is 0 Å². The van der Waals surface area contributed by atoms with E-state index >= 15 is 0 Å². The van der Waals surface area contributed by atoms with Crippen molar-refractivity contribution in [3.8, 4) is 0 Å². The molecular formula is C13H9Cl4NO4S. The van der Waals surface area contributed by atoms with E-state index in [-0.39, 0.29) is 4.90 Å². The largest absolute Gasteiger partial charge is 0.353 e. The number of nitrogens with one attached hydrogen (secondary N) is 1. The van der Waals surface area contributed by atoms with E-state index in [1.165, 1.54) is 24.3 Å². The monoisotopic (exact) mass is 415 g/mol. The number of hydrogen-bond donors (Lipinski definition) is 1. The minimum absolute atomic E-state index is 0.0606. The lowest BCUT2D eigenvalue weighted by Crippen LogP contribution is -2.53. The summed E-state index contributed by atoms with van der Waals surface area (Å²) in [5.41, 5.74) is -2.08. The van der Waals surface area contributed by atoms with Crippen molar-refractivity contribution >= 4 is 62.2 Å². The molecule has 1 aromatic carbocycles. The second-order valence-corrected chi connectivity index (χ2v) is 7.58. The Morgan fingerprint density at radius 2 is 1.48 bits per heavy atom. The predicted octanol–water partition coefficient (Wildman–Crippen LogP) is 3.27. The van der Waals surface area contributed by atoms with E-state index in [4.69, 9.17) is 51.1 Å². The molecular weight excluding hydrogens is 408 g/mol. The number of ketones is 1. The lowest BCUT2D eigenvalue weighted by molar-refractivity contribution is -0.111. The summed E-state index contributed by atoms with van der Waals surface area (Å²) >= 11 is 23.7. The number of halogens is 4. The van der Waals surface area contributed by atoms with Crippen LogP contribution in [-0.4, -0.2) is 27.0 Å². The quantitative estimate of drug-likeness (QED) is 0.764. The zero-order valence-electron chi connectivity index (χ0n) is 11.4. The Kier molecular flexibility index (Phi) is 5.48. The molecule has 0 saturated carbocycles. The standard InChI is InChI=1S/C13H9Cl4NO4S/c1-22-13(11(16)8(14)10(19)9(15)12(13)17)18-23(20,21)7-5-3-2-4-6-7/h2-6,18H,1H3. The molecule has 124 valence electrons. The van der Waals surface area contributed by atoms with E-state index in [0.29, 0.717) is 0 Å². The number of carbonyl (C=O) groups is 1. The van der Waals surface area contributed by atoms with Gasteiger partial charge in [0.15, 0.2) is 0 Å². The second kappa shape index (κ2) is 6.72. The summed E-state index contributed by atoms with van der Waals surface area (Å²) in [6, 6.07) is 7.44. The molecule has 1 aliphatic carbocycles. The minimum atomic E-state index is -4.10. The third kappa shape index (κ3) is 3.17. The van der Waals surface area contributed by atoms with Gasteiger partial charge in [-0.25, -0.2) is 8.42 Å². The van der Waals surface area contributed by atoms with Gasteiger partial charge in [0.2, 0.25) is 21.5 Å². The van der Waals surface area contributed by atoms with Crippen molar-refractivity contribution in [2.45, 2.75) is 10.6 Å². The molecule has 0 saturated heterocycles. The summed E-state index contributed by atoms with van der Waals surface area (Å²) in [7, 11) is -2.96. The van der Waals surface area contributed by atoms with Crippen molar-refractivity contribution in [2.24, 2.45) is 0 Å². The molecule has 10 heteroatoms. The number of hydrogen-bond acceptors (Lipinski definition) is 4. The highest BCUT2D eigenvalue weighted by molar-refractivity contribution is 7.89. The number of benzene rings is 1. The normalized spacial score (nSPS) is 18.6. The van der Waals surface area contributed by atoms with Crippen molar-refractivity contribution in [3.63, 3.8) is 0 Å². The molecule has 1 aliphatic rings. The van der Waals surface area contributed by atoms with Crippen LogP contribution < -0.4 is 4.72 Å². The maximum absolute atomic E-state index is 12.5. The molecule has 5 nitrogen and oxygen atoms in total. The lowest BCUT2D eigenvalue weighted by atomic mass is 10.1. The Morgan fingerprint density at radius 1 is 1.00 bits per heavy atom. The van der Waals surface area contributed by atoms with Gasteiger partial charge >= 0.3 is 0 Å². The van der Waals surface area contributed by atoms with Crippen LogP contribution in [0.15, 0.2) is 55.4 Å². The molecule has 0 fully saturated rings. The fourth-order valence-electron chi connectivity index (χ4n) is 1.86. The summed E-state index contributed by atoms with van der Waals surface area (Å²) in [4.78, 5) is 11.7. The highest BCUT2D eigenvalue weighted by Gasteiger charge is 2.49. The topological polar surface area (TPSA) is 72.5 Å². The number of methoxy groups -OCH3 is 1. The fourth-order valence-corrected chi connectivity index (χ4v) is 4.43. The molecule has 2 rings (SSSR count). The van der Waals surface area contributed by atoms with E-state index in [1.54, 1.807) is 6.07 Å². The van der Waals surface area contributed by atoms with Gasteiger partial charge in [-0.15, -0.1) is 0 Å². The van der Waals surface area contributed by atoms with Gasteiger partial charge in [-0.3, -0.25) is 4.79 Å². The Balaban J connectivity index is 2.61. The third-order valence-electron chi connectivity index (χ3n) is 3.04. The molecule has 0 aliphatic heterocycles. The van der Waals surface area contributed by atoms with Gasteiger partial charge in [-0.2, -0.15) is 4.72 Å². The first-order valence-corrected chi connectivity index (χ1v) is 8.97. The van der Waals surface area contributed by atoms with Gasteiger partial charge in [-0.05, 0) is 12.1 Å². The van der Waals surface area contributed by atoms with Crippen LogP contribution in [0.25, 0.3) is 0 Å². The van der Waals surface area contributed by atoms with Gasteiger partial charge in [0, 0.05) is 7.11 Å². The molecule has 0 radical (unpaired) electrons. The van der Waals surface area contributed by atoms with Crippen LogP contribution in [0.5, 0.6) is 0 Å². The average molecular weight is 417 g/mol. The summed E-state index contributed by atoms with van der Waals surface area (Å²) in [5, 5.41) is -1.83. The lowest BCUT2D eigenvalue weighted by Gasteiger charge is -2.35. The number of rotatable bonds is 4. The molecule has 1 N–H and O–H groups in total. The molecule has 0 spiro atoms. The number of sulfonamides is 1. The van der Waals surface area contributed by atoms with E-state index < -0.39 is 41.7 Å². The first-order valence-electron chi connectivity index (χ1n) is 5.97. The van der Waals surface area contributed by atoms with Gasteiger partial charge in [0.25, 0.3) is 0 Å². The summed E-state index contributed by atoms with van der Waals surface area (Å²) in [6.45, 7) is 0. The van der Waals surface area contributed by atoms with Crippen molar-refractivity contribution in [1.82, 2.24) is 4.72 Å². The fraction of sp³-hybridized carbons (Fsp3) is 0.154. The molecule has 0 bridgehead atoms. The van der Waals surface area contributed by atoms with Gasteiger partial charge in [-0.1, -0.05) is 64.6 Å². The molecule has 0 heterocycles. The zero-order chi connectivity index (χ0) is 17.4. The van der Waals surface area contributed by atoms with Crippen LogP contribution in [0.3, 0.4) is 0 Å². The molecule has 0 atom stereocenters. The van der Waals surface area contributed by atoms with Gasteiger partial charge in [0.05, 0.1) is 15.0 Å². The van der Waals surface area contributed by atoms with Crippen LogP contribution >= 0.6 is 46.4 Å². The van der Waals surface area contributed by atoms with Crippen LogP contribution in [0, 0.1) is 0 Å². The van der Waals surface area contributed by atoms with E-state index in [1.807, 2.05) is 0 Å². The highest BCUT2D eigenvalue weighted by atomic mass is 35.5. The molecule has 0 unspecified atom stereocenters. The van der Waals surface area contributed by atoms with E-state index in [0.717, 1.165) is 7.11 Å². The Morgan fingerprint density at radius 3 is 1.91 bits per heavy atom. The van der Waals surface area contributed by atoms with Gasteiger partial charge < -0.3 is 4.74 Å². The van der Waals surface area contributed by atoms with Crippen molar-refractivity contribution in [1.29, 1.82) is 0 Å². The van der Waals surface area contributed by atoms with Crippen LogP contribution in [0.4, 0.5) is 0 Å². The minimum Gasteiger partial charge on any atom is -0.353 e. The smallest absolute Gasteiger partial charge is 0.243 e. The summed E-state index contributed by atoms with van der Waals surface area (Å²) < 4.78 is 32.4. The highest BCUT2D eigenvalue weighted by Crippen LogP contribution is 2.44. The molecule has 0 aromatic heterocycles. The van der Waals surface area contributed by atoms with Crippen molar-refractivity contribution < 1.29 is 17.9 Å². The Bertz CT molecular complexity index is 790. The van der Waals surface area contributed by atoms with Crippen LogP contribution in [-0.2, 0) is 19.6 Å². The molecule has 23 heavy (non-hydrogen) atoms. The van der Waals surface area contributed by atoms with Gasteiger partial charge in [0.1, 0.15) is 10.1 Å². The molecule has 1 aromatic rings. The number of allylic oxidation sites excluding steroid dienone is 2. The second-order valence-electron chi connectivity index (χ2n) is 4.39. The van der Waals surface area contributed by atoms with Crippen LogP contribution in [0.1, 0.15) is 0 Å².